The van der Waals surface area contributed by atoms with Crippen molar-refractivity contribution < 1.29 is 9.59 Å². The number of nitrogens with one attached hydrogen (secondary N) is 4. The number of amides is 2. The van der Waals surface area contributed by atoms with Gasteiger partial charge in [-0.15, -0.1) is 0 Å². The smallest absolute Gasteiger partial charge is 0.288 e. The molecule has 106 valence electrons. The van der Waals surface area contributed by atoms with Gasteiger partial charge in [0.25, 0.3) is 11.8 Å². The van der Waals surface area contributed by atoms with Gasteiger partial charge < -0.3 is 11.5 Å². The van der Waals surface area contributed by atoms with Crippen molar-refractivity contribution >= 4 is 46.5 Å². The number of rotatable bonds is 2. The number of aromatic nitrogens is 1. The summed E-state index contributed by atoms with van der Waals surface area (Å²) in [4.78, 5) is 27.2. The maximum absolute atomic E-state index is 11.7. The van der Waals surface area contributed by atoms with E-state index in [1.54, 1.807) is 0 Å². The molecular formula is C9H11N7O2S2. The Morgan fingerprint density at radius 1 is 0.900 bits per heavy atom. The Hall–Kier alpha value is -2.53. The lowest BCUT2D eigenvalue weighted by Gasteiger charge is -2.08. The molecule has 1 heterocycles. The Labute approximate surface area is 124 Å². The highest BCUT2D eigenvalue weighted by Gasteiger charge is 2.12. The molecule has 1 aromatic rings. The van der Waals surface area contributed by atoms with Gasteiger partial charge >= 0.3 is 0 Å². The first-order valence-electron chi connectivity index (χ1n) is 5.09. The number of carbonyl (C=O) groups is 2. The van der Waals surface area contributed by atoms with Crippen molar-refractivity contribution in [1.82, 2.24) is 26.7 Å². The van der Waals surface area contributed by atoms with Crippen LogP contribution in [0.4, 0.5) is 0 Å². The molecule has 11 heteroatoms. The fraction of sp³-hybridized carbons (Fsp3) is 0. The second-order valence-corrected chi connectivity index (χ2v) is 4.17. The molecule has 0 aliphatic rings. The van der Waals surface area contributed by atoms with Crippen LogP contribution >= 0.6 is 24.4 Å². The predicted molar refractivity (Wildman–Crippen MR) is 79.0 cm³/mol. The minimum atomic E-state index is -0.602. The molecule has 0 atom stereocenters. The molecule has 9 nitrogen and oxygen atoms in total. The van der Waals surface area contributed by atoms with E-state index in [4.69, 9.17) is 11.5 Å². The van der Waals surface area contributed by atoms with Gasteiger partial charge in [-0.1, -0.05) is 6.07 Å². The molecule has 0 radical (unpaired) electrons. The third-order valence-electron chi connectivity index (χ3n) is 1.81. The molecule has 1 rings (SSSR count). The summed E-state index contributed by atoms with van der Waals surface area (Å²) in [7, 11) is 0. The second kappa shape index (κ2) is 7.16. The minimum absolute atomic E-state index is 0.00303. The third kappa shape index (κ3) is 4.99. The van der Waals surface area contributed by atoms with Crippen LogP contribution in [0.5, 0.6) is 0 Å². The van der Waals surface area contributed by atoms with Crippen molar-refractivity contribution in [3.05, 3.63) is 29.6 Å². The molecule has 0 aliphatic carbocycles. The van der Waals surface area contributed by atoms with Crippen LogP contribution in [0.2, 0.25) is 0 Å². The topological polar surface area (TPSA) is 147 Å². The molecule has 1 aromatic heterocycles. The van der Waals surface area contributed by atoms with Gasteiger partial charge in [0, 0.05) is 0 Å². The minimum Gasteiger partial charge on any atom is -0.375 e. The van der Waals surface area contributed by atoms with Gasteiger partial charge in [-0.25, -0.2) is 4.98 Å². The van der Waals surface area contributed by atoms with Crippen LogP contribution in [0.3, 0.4) is 0 Å². The molecule has 0 bridgehead atoms. The van der Waals surface area contributed by atoms with Gasteiger partial charge in [0.05, 0.1) is 0 Å². The fourth-order valence-electron chi connectivity index (χ4n) is 1.05. The zero-order valence-electron chi connectivity index (χ0n) is 9.97. The lowest BCUT2D eigenvalue weighted by Crippen LogP contribution is -2.45. The summed E-state index contributed by atoms with van der Waals surface area (Å²) >= 11 is 9.05. The van der Waals surface area contributed by atoms with E-state index in [1.165, 1.54) is 18.2 Å². The largest absolute Gasteiger partial charge is 0.375 e. The number of nitrogens with zero attached hydrogens (tertiary/aromatic N) is 1. The van der Waals surface area contributed by atoms with Gasteiger partial charge in [0.2, 0.25) is 0 Å². The summed E-state index contributed by atoms with van der Waals surface area (Å²) in [6.45, 7) is 0. The van der Waals surface area contributed by atoms with Gasteiger partial charge in [0.15, 0.2) is 10.2 Å². The van der Waals surface area contributed by atoms with Gasteiger partial charge in [-0.3, -0.25) is 31.3 Å². The number of thiocarbonyl (C=S) groups is 2. The average Bonchev–Trinajstić information content (AvgIpc) is 2.42. The zero-order valence-corrected chi connectivity index (χ0v) is 11.6. The van der Waals surface area contributed by atoms with Crippen molar-refractivity contribution in [2.45, 2.75) is 0 Å². The molecule has 8 N–H and O–H groups in total. The highest BCUT2D eigenvalue weighted by Crippen LogP contribution is 1.99. The molecule has 0 fully saturated rings. The standard InChI is InChI=1S/C9H11N7O2S2/c10-8(19)15-13-6(17)4-2-1-3-5(12-4)7(18)14-16-9(11)20/h1-3H,(H,13,17)(H,14,18)(H3,10,15,19)(H3,11,16,20). The first-order chi connectivity index (χ1) is 9.40. The average molecular weight is 313 g/mol. The molecule has 2 amide bonds. The van der Waals surface area contributed by atoms with Crippen molar-refractivity contribution in [2.24, 2.45) is 11.5 Å². The van der Waals surface area contributed by atoms with E-state index >= 15 is 0 Å². The Balaban J connectivity index is 2.74. The zero-order chi connectivity index (χ0) is 15.1. The number of hydrogen-bond acceptors (Lipinski definition) is 5. The SMILES string of the molecule is NC(=S)NNC(=O)c1cccc(C(=O)NNC(N)=S)n1. The maximum Gasteiger partial charge on any atom is 0.288 e. The summed E-state index contributed by atoms with van der Waals surface area (Å²) < 4.78 is 0. The number of hydrogen-bond donors (Lipinski definition) is 6. The van der Waals surface area contributed by atoms with E-state index in [0.29, 0.717) is 0 Å². The van der Waals surface area contributed by atoms with Crippen LogP contribution in [-0.2, 0) is 0 Å². The predicted octanol–water partition coefficient (Wildman–Crippen LogP) is -1.96. The highest BCUT2D eigenvalue weighted by atomic mass is 32.1. The summed E-state index contributed by atoms with van der Waals surface area (Å²) in [5.74, 6) is -1.20. The normalized spacial score (nSPS) is 9.20. The Bertz CT molecular complexity index is 518. The monoisotopic (exact) mass is 313 g/mol. The van der Waals surface area contributed by atoms with Gasteiger partial charge in [-0.05, 0) is 36.6 Å². The van der Waals surface area contributed by atoms with Crippen LogP contribution in [0.15, 0.2) is 18.2 Å². The molecule has 0 aliphatic heterocycles. The second-order valence-electron chi connectivity index (χ2n) is 3.29. The number of hydrazine groups is 2. The summed E-state index contributed by atoms with van der Waals surface area (Å²) in [5, 5.41) is -0.208. The van der Waals surface area contributed by atoms with Crippen LogP contribution < -0.4 is 33.2 Å². The Morgan fingerprint density at radius 3 is 1.65 bits per heavy atom. The van der Waals surface area contributed by atoms with E-state index < -0.39 is 11.8 Å². The molecule has 0 spiro atoms. The van der Waals surface area contributed by atoms with Crippen LogP contribution in [0.1, 0.15) is 21.0 Å². The molecule has 0 saturated heterocycles. The highest BCUT2D eigenvalue weighted by molar-refractivity contribution is 7.80. The van der Waals surface area contributed by atoms with Crippen molar-refractivity contribution in [3.63, 3.8) is 0 Å². The van der Waals surface area contributed by atoms with E-state index in [-0.39, 0.29) is 21.6 Å². The first-order valence-corrected chi connectivity index (χ1v) is 5.90. The first kappa shape index (κ1) is 15.5. The van der Waals surface area contributed by atoms with Gasteiger partial charge in [-0.2, -0.15) is 0 Å². The summed E-state index contributed by atoms with van der Waals surface area (Å²) in [6, 6.07) is 4.31. The summed E-state index contributed by atoms with van der Waals surface area (Å²) in [6.07, 6.45) is 0. The quantitative estimate of drug-likeness (QED) is 0.270. The Morgan fingerprint density at radius 2 is 1.30 bits per heavy atom. The van der Waals surface area contributed by atoms with E-state index in [1.807, 2.05) is 0 Å². The lowest BCUT2D eigenvalue weighted by molar-refractivity contribution is 0.0934. The number of carbonyl (C=O) groups excluding carboxylic acids is 2. The van der Waals surface area contributed by atoms with Crippen LogP contribution in [-0.4, -0.2) is 27.0 Å². The molecule has 0 unspecified atom stereocenters. The van der Waals surface area contributed by atoms with Crippen LogP contribution in [0.25, 0.3) is 0 Å². The van der Waals surface area contributed by atoms with E-state index in [2.05, 4.69) is 51.1 Å². The Kier molecular flexibility index (Phi) is 5.56. The van der Waals surface area contributed by atoms with E-state index in [0.717, 1.165) is 0 Å². The van der Waals surface area contributed by atoms with Crippen molar-refractivity contribution in [3.8, 4) is 0 Å². The number of nitrogens with two attached hydrogens (primary N) is 2. The number of pyridine rings is 1. The maximum atomic E-state index is 11.7. The lowest BCUT2D eigenvalue weighted by atomic mass is 10.3. The van der Waals surface area contributed by atoms with Crippen molar-refractivity contribution in [2.75, 3.05) is 0 Å². The van der Waals surface area contributed by atoms with Gasteiger partial charge in [0.1, 0.15) is 11.4 Å². The third-order valence-corrected chi connectivity index (χ3v) is 2.02. The molecule has 0 aromatic carbocycles. The van der Waals surface area contributed by atoms with Crippen molar-refractivity contribution in [1.29, 1.82) is 0 Å². The summed E-state index contributed by atoms with van der Waals surface area (Å²) in [5.41, 5.74) is 19.2. The molecular weight excluding hydrogens is 302 g/mol. The fourth-order valence-corrected chi connectivity index (χ4v) is 1.15. The molecule has 0 saturated carbocycles. The van der Waals surface area contributed by atoms with E-state index in [9.17, 15) is 9.59 Å². The van der Waals surface area contributed by atoms with Crippen LogP contribution in [0, 0.1) is 0 Å². The molecule has 20 heavy (non-hydrogen) atoms.